The van der Waals surface area contributed by atoms with E-state index in [1.54, 1.807) is 0 Å². The van der Waals surface area contributed by atoms with Gasteiger partial charge in [-0.25, -0.2) is 0 Å². The number of aldehydes is 1. The summed E-state index contributed by atoms with van der Waals surface area (Å²) in [5, 5.41) is 0. The van der Waals surface area contributed by atoms with Crippen LogP contribution < -0.4 is 0 Å². The lowest BCUT2D eigenvalue weighted by Crippen LogP contribution is -2.00. The minimum absolute atomic E-state index is 0.132. The maximum absolute atomic E-state index is 10.5. The Labute approximate surface area is 79.8 Å². The molecule has 0 N–H and O–H groups in total. The zero-order valence-electron chi connectivity index (χ0n) is 8.29. The predicted molar refractivity (Wildman–Crippen MR) is 54.8 cm³/mol. The van der Waals surface area contributed by atoms with Crippen LogP contribution in [0.3, 0.4) is 0 Å². The van der Waals surface area contributed by atoms with Crippen LogP contribution in [-0.4, -0.2) is 6.29 Å². The van der Waals surface area contributed by atoms with Gasteiger partial charge >= 0.3 is 0 Å². The Morgan fingerprint density at radius 2 is 2.08 bits per heavy atom. The molecule has 0 amide bonds. The first-order valence-corrected chi connectivity index (χ1v) is 4.79. The lowest BCUT2D eigenvalue weighted by molar-refractivity contribution is -0.110. The quantitative estimate of drug-likeness (QED) is 0.644. The second-order valence-corrected chi connectivity index (χ2v) is 3.49. The molecule has 0 spiro atoms. The van der Waals surface area contributed by atoms with Gasteiger partial charge in [0.15, 0.2) is 0 Å². The molecule has 1 nitrogen and oxygen atoms in total. The molecule has 0 saturated heterocycles. The first-order chi connectivity index (χ1) is 6.26. The van der Waals surface area contributed by atoms with Crippen molar-refractivity contribution in [2.75, 3.05) is 0 Å². The largest absolute Gasteiger partial charge is 0.303 e. The minimum Gasteiger partial charge on any atom is -0.303 e. The second kappa shape index (κ2) is 4.80. The first kappa shape index (κ1) is 9.97. The van der Waals surface area contributed by atoms with E-state index in [1.807, 2.05) is 6.92 Å². The maximum Gasteiger partial charge on any atom is 0.123 e. The number of carbonyl (C=O) groups excluding carboxylic acids is 1. The molecule has 1 atom stereocenters. The van der Waals surface area contributed by atoms with Crippen molar-refractivity contribution in [3.05, 3.63) is 35.4 Å². The number of rotatable bonds is 4. The summed E-state index contributed by atoms with van der Waals surface area (Å²) in [6, 6.07) is 8.44. The van der Waals surface area contributed by atoms with Gasteiger partial charge in [0.1, 0.15) is 6.29 Å². The summed E-state index contributed by atoms with van der Waals surface area (Å²) >= 11 is 0. The number of carbonyl (C=O) groups is 1. The molecule has 1 unspecified atom stereocenters. The van der Waals surface area contributed by atoms with Crippen molar-refractivity contribution in [3.8, 4) is 0 Å². The van der Waals surface area contributed by atoms with Crippen LogP contribution in [0.1, 0.15) is 25.0 Å². The highest BCUT2D eigenvalue weighted by Gasteiger charge is 2.01. The average molecular weight is 176 g/mol. The van der Waals surface area contributed by atoms with E-state index in [4.69, 9.17) is 0 Å². The fourth-order valence-corrected chi connectivity index (χ4v) is 1.40. The molecule has 1 aromatic rings. The molecule has 13 heavy (non-hydrogen) atoms. The Morgan fingerprint density at radius 1 is 1.38 bits per heavy atom. The summed E-state index contributed by atoms with van der Waals surface area (Å²) < 4.78 is 0. The molecule has 0 heterocycles. The van der Waals surface area contributed by atoms with Gasteiger partial charge in [0, 0.05) is 5.92 Å². The molecule has 0 radical (unpaired) electrons. The number of aryl methyl sites for hydroxylation is 1. The van der Waals surface area contributed by atoms with Crippen LogP contribution in [0.5, 0.6) is 0 Å². The number of benzene rings is 1. The zero-order chi connectivity index (χ0) is 9.68. The van der Waals surface area contributed by atoms with Crippen molar-refractivity contribution in [1.29, 1.82) is 0 Å². The highest BCUT2D eigenvalue weighted by atomic mass is 16.1. The van der Waals surface area contributed by atoms with Crippen molar-refractivity contribution in [3.63, 3.8) is 0 Å². The molecule has 1 rings (SSSR count). The summed E-state index contributed by atoms with van der Waals surface area (Å²) in [5.74, 6) is 0.132. The predicted octanol–water partition coefficient (Wildman–Crippen LogP) is 2.63. The van der Waals surface area contributed by atoms with E-state index in [2.05, 4.69) is 31.2 Å². The second-order valence-electron chi connectivity index (χ2n) is 3.49. The van der Waals surface area contributed by atoms with Gasteiger partial charge in [-0.05, 0) is 24.0 Å². The van der Waals surface area contributed by atoms with Crippen LogP contribution in [0.2, 0.25) is 0 Å². The van der Waals surface area contributed by atoms with Crippen LogP contribution in [-0.2, 0) is 17.6 Å². The molecule has 0 saturated carbocycles. The van der Waals surface area contributed by atoms with E-state index in [-0.39, 0.29) is 5.92 Å². The SMILES string of the molecule is CCc1cccc(CC(C)C=O)c1. The molecule has 0 aromatic heterocycles. The summed E-state index contributed by atoms with van der Waals surface area (Å²) in [5.41, 5.74) is 2.61. The van der Waals surface area contributed by atoms with E-state index in [1.165, 1.54) is 11.1 Å². The maximum atomic E-state index is 10.5. The van der Waals surface area contributed by atoms with Crippen molar-refractivity contribution in [2.45, 2.75) is 26.7 Å². The van der Waals surface area contributed by atoms with Crippen molar-refractivity contribution >= 4 is 6.29 Å². The van der Waals surface area contributed by atoms with Crippen molar-refractivity contribution < 1.29 is 4.79 Å². The summed E-state index contributed by atoms with van der Waals surface area (Å²) in [7, 11) is 0. The summed E-state index contributed by atoms with van der Waals surface area (Å²) in [6.07, 6.45) is 2.93. The van der Waals surface area contributed by atoms with Gasteiger partial charge < -0.3 is 4.79 Å². The van der Waals surface area contributed by atoms with Gasteiger partial charge in [-0.15, -0.1) is 0 Å². The Hall–Kier alpha value is -1.11. The van der Waals surface area contributed by atoms with Crippen molar-refractivity contribution in [2.24, 2.45) is 5.92 Å². The lowest BCUT2D eigenvalue weighted by atomic mass is 10.00. The zero-order valence-corrected chi connectivity index (χ0v) is 8.29. The Morgan fingerprint density at radius 3 is 2.69 bits per heavy atom. The molecule has 0 bridgehead atoms. The normalized spacial score (nSPS) is 12.5. The first-order valence-electron chi connectivity index (χ1n) is 4.79. The molecule has 1 heteroatoms. The van der Waals surface area contributed by atoms with Gasteiger partial charge in [-0.1, -0.05) is 38.1 Å². The fraction of sp³-hybridized carbons (Fsp3) is 0.417. The third-order valence-electron chi connectivity index (χ3n) is 2.19. The molecule has 0 fully saturated rings. The number of hydrogen-bond donors (Lipinski definition) is 0. The van der Waals surface area contributed by atoms with Gasteiger partial charge in [0.05, 0.1) is 0 Å². The topological polar surface area (TPSA) is 17.1 Å². The molecule has 0 aliphatic heterocycles. The molecule has 0 aliphatic rings. The van der Waals surface area contributed by atoms with Crippen LogP contribution in [0.25, 0.3) is 0 Å². The lowest BCUT2D eigenvalue weighted by Gasteiger charge is -2.05. The van der Waals surface area contributed by atoms with Gasteiger partial charge in [-0.2, -0.15) is 0 Å². The Kier molecular flexibility index (Phi) is 3.69. The molecule has 1 aromatic carbocycles. The molecule has 70 valence electrons. The summed E-state index contributed by atoms with van der Waals surface area (Å²) in [4.78, 5) is 10.5. The van der Waals surface area contributed by atoms with Crippen LogP contribution in [0, 0.1) is 5.92 Å². The van der Waals surface area contributed by atoms with Crippen LogP contribution in [0.15, 0.2) is 24.3 Å². The Bertz CT molecular complexity index is 278. The molecular formula is C12H16O. The average Bonchev–Trinajstić information content (AvgIpc) is 2.18. The van der Waals surface area contributed by atoms with Crippen LogP contribution in [0.4, 0.5) is 0 Å². The third kappa shape index (κ3) is 3.02. The number of hydrogen-bond acceptors (Lipinski definition) is 1. The van der Waals surface area contributed by atoms with E-state index in [9.17, 15) is 4.79 Å². The van der Waals surface area contributed by atoms with Gasteiger partial charge in [0.25, 0.3) is 0 Å². The minimum atomic E-state index is 0.132. The summed E-state index contributed by atoms with van der Waals surface area (Å²) in [6.45, 7) is 4.09. The van der Waals surface area contributed by atoms with Crippen molar-refractivity contribution in [1.82, 2.24) is 0 Å². The molecular weight excluding hydrogens is 160 g/mol. The van der Waals surface area contributed by atoms with Gasteiger partial charge in [0.2, 0.25) is 0 Å². The standard InChI is InChI=1S/C12H16O/c1-3-11-5-4-6-12(8-11)7-10(2)9-13/h4-6,8-10H,3,7H2,1-2H3. The van der Waals surface area contributed by atoms with E-state index >= 15 is 0 Å². The fourth-order valence-electron chi connectivity index (χ4n) is 1.40. The van der Waals surface area contributed by atoms with E-state index in [0.29, 0.717) is 0 Å². The Balaban J connectivity index is 2.71. The monoisotopic (exact) mass is 176 g/mol. The van der Waals surface area contributed by atoms with E-state index in [0.717, 1.165) is 19.1 Å². The molecule has 0 aliphatic carbocycles. The third-order valence-corrected chi connectivity index (χ3v) is 2.19. The van der Waals surface area contributed by atoms with Crippen LogP contribution >= 0.6 is 0 Å². The highest BCUT2D eigenvalue weighted by Crippen LogP contribution is 2.10. The smallest absolute Gasteiger partial charge is 0.123 e. The van der Waals surface area contributed by atoms with Gasteiger partial charge in [-0.3, -0.25) is 0 Å². The highest BCUT2D eigenvalue weighted by molar-refractivity contribution is 5.53. The van der Waals surface area contributed by atoms with E-state index < -0.39 is 0 Å².